The second-order valence-corrected chi connectivity index (χ2v) is 3.89. The lowest BCUT2D eigenvalue weighted by Gasteiger charge is -1.98. The van der Waals surface area contributed by atoms with Crippen LogP contribution in [0.5, 0.6) is 0 Å². The Bertz CT molecular complexity index is 393. The number of rotatable bonds is 7. The van der Waals surface area contributed by atoms with Crippen molar-refractivity contribution in [2.75, 3.05) is 0 Å². The highest BCUT2D eigenvalue weighted by Crippen LogP contribution is 2.10. The molecule has 0 N–H and O–H groups in total. The van der Waals surface area contributed by atoms with E-state index in [-0.39, 0.29) is 0 Å². The molecular weight excluding hydrogens is 204 g/mol. The van der Waals surface area contributed by atoms with Gasteiger partial charge in [-0.15, -0.1) is 0 Å². The van der Waals surface area contributed by atoms with Crippen LogP contribution in [0.2, 0.25) is 0 Å². The SMILES string of the molecule is C=C/C=C(\C=C)CCC/C=C/c1ccccc1. The van der Waals surface area contributed by atoms with Gasteiger partial charge in [0.1, 0.15) is 0 Å². The van der Waals surface area contributed by atoms with E-state index in [1.807, 2.05) is 24.3 Å². The van der Waals surface area contributed by atoms with E-state index in [1.165, 1.54) is 11.1 Å². The average Bonchev–Trinajstić information content (AvgIpc) is 2.38. The molecule has 0 nitrogen and oxygen atoms in total. The largest absolute Gasteiger partial charge is 0.0991 e. The first-order valence-corrected chi connectivity index (χ1v) is 6.02. The molecular formula is C17H20. The summed E-state index contributed by atoms with van der Waals surface area (Å²) < 4.78 is 0. The third-order valence-electron chi connectivity index (χ3n) is 2.54. The lowest BCUT2D eigenvalue weighted by Crippen LogP contribution is -1.78. The summed E-state index contributed by atoms with van der Waals surface area (Å²) in [6.45, 7) is 7.49. The zero-order valence-corrected chi connectivity index (χ0v) is 10.3. The zero-order valence-electron chi connectivity index (χ0n) is 10.3. The van der Waals surface area contributed by atoms with Crippen LogP contribution in [0.3, 0.4) is 0 Å². The van der Waals surface area contributed by atoms with Crippen molar-refractivity contribution in [3.05, 3.63) is 78.9 Å². The van der Waals surface area contributed by atoms with Crippen LogP contribution in [-0.2, 0) is 0 Å². The summed E-state index contributed by atoms with van der Waals surface area (Å²) in [5, 5.41) is 0. The van der Waals surface area contributed by atoms with E-state index in [9.17, 15) is 0 Å². The molecule has 0 spiro atoms. The predicted octanol–water partition coefficient (Wildman–Crippen LogP) is 5.17. The van der Waals surface area contributed by atoms with Gasteiger partial charge in [0, 0.05) is 0 Å². The van der Waals surface area contributed by atoms with Gasteiger partial charge in [-0.1, -0.05) is 73.9 Å². The maximum absolute atomic E-state index is 3.79. The molecule has 0 aliphatic rings. The molecule has 0 aliphatic heterocycles. The smallest absolute Gasteiger partial charge is 0.0260 e. The molecule has 0 fully saturated rings. The molecule has 0 heterocycles. The molecule has 0 amide bonds. The minimum Gasteiger partial charge on any atom is -0.0991 e. The van der Waals surface area contributed by atoms with Crippen molar-refractivity contribution < 1.29 is 0 Å². The van der Waals surface area contributed by atoms with Crippen LogP contribution in [0.15, 0.2) is 73.4 Å². The van der Waals surface area contributed by atoms with Crippen molar-refractivity contribution in [3.63, 3.8) is 0 Å². The Balaban J connectivity index is 2.29. The van der Waals surface area contributed by atoms with Gasteiger partial charge in [0.2, 0.25) is 0 Å². The van der Waals surface area contributed by atoms with E-state index in [2.05, 4.69) is 49.6 Å². The molecule has 0 saturated heterocycles. The van der Waals surface area contributed by atoms with Crippen LogP contribution >= 0.6 is 0 Å². The fourth-order valence-corrected chi connectivity index (χ4v) is 1.61. The van der Waals surface area contributed by atoms with Crippen LogP contribution in [0.25, 0.3) is 6.08 Å². The van der Waals surface area contributed by atoms with Crippen molar-refractivity contribution in [2.45, 2.75) is 19.3 Å². The zero-order chi connectivity index (χ0) is 12.3. The Hall–Kier alpha value is -1.82. The maximum Gasteiger partial charge on any atom is -0.0260 e. The van der Waals surface area contributed by atoms with Gasteiger partial charge in [0.25, 0.3) is 0 Å². The molecule has 17 heavy (non-hydrogen) atoms. The van der Waals surface area contributed by atoms with Crippen LogP contribution in [0.1, 0.15) is 24.8 Å². The lowest BCUT2D eigenvalue weighted by molar-refractivity contribution is 0.849. The summed E-state index contributed by atoms with van der Waals surface area (Å²) in [4.78, 5) is 0. The molecule has 0 aliphatic carbocycles. The number of allylic oxidation sites excluding steroid dienone is 5. The van der Waals surface area contributed by atoms with Gasteiger partial charge in [-0.05, 0) is 30.4 Å². The van der Waals surface area contributed by atoms with Crippen LogP contribution in [-0.4, -0.2) is 0 Å². The summed E-state index contributed by atoms with van der Waals surface area (Å²) in [6.07, 6.45) is 13.4. The Morgan fingerprint density at radius 2 is 1.88 bits per heavy atom. The number of benzene rings is 1. The first-order chi connectivity index (χ1) is 8.36. The van der Waals surface area contributed by atoms with Gasteiger partial charge in [0.15, 0.2) is 0 Å². The van der Waals surface area contributed by atoms with E-state index in [0.29, 0.717) is 0 Å². The summed E-state index contributed by atoms with van der Waals surface area (Å²) >= 11 is 0. The minimum absolute atomic E-state index is 1.06. The average molecular weight is 224 g/mol. The summed E-state index contributed by atoms with van der Waals surface area (Å²) in [5.41, 5.74) is 2.52. The van der Waals surface area contributed by atoms with Crippen LogP contribution < -0.4 is 0 Å². The van der Waals surface area contributed by atoms with Crippen LogP contribution in [0, 0.1) is 0 Å². The van der Waals surface area contributed by atoms with Crippen molar-refractivity contribution >= 4 is 6.08 Å². The summed E-state index contributed by atoms with van der Waals surface area (Å²) in [6, 6.07) is 10.4. The van der Waals surface area contributed by atoms with Crippen molar-refractivity contribution in [1.82, 2.24) is 0 Å². The van der Waals surface area contributed by atoms with E-state index >= 15 is 0 Å². The molecule has 1 rings (SSSR count). The standard InChI is InChI=1S/C17H20/c1-3-11-16(4-2)12-7-5-8-13-17-14-9-6-10-15-17/h3-4,6,8-11,13-15H,1-2,5,7,12H2/b13-8+,16-11+. The quantitative estimate of drug-likeness (QED) is 0.443. The van der Waals surface area contributed by atoms with Crippen molar-refractivity contribution in [2.24, 2.45) is 0 Å². The van der Waals surface area contributed by atoms with Gasteiger partial charge < -0.3 is 0 Å². The number of hydrogen-bond donors (Lipinski definition) is 0. The van der Waals surface area contributed by atoms with Gasteiger partial charge in [-0.3, -0.25) is 0 Å². The summed E-state index contributed by atoms with van der Waals surface area (Å²) in [5.74, 6) is 0. The molecule has 88 valence electrons. The fourth-order valence-electron chi connectivity index (χ4n) is 1.61. The van der Waals surface area contributed by atoms with Gasteiger partial charge in [-0.25, -0.2) is 0 Å². The Morgan fingerprint density at radius 3 is 2.53 bits per heavy atom. The van der Waals surface area contributed by atoms with E-state index < -0.39 is 0 Å². The molecule has 1 aromatic rings. The molecule has 0 heteroatoms. The highest BCUT2D eigenvalue weighted by atomic mass is 14.0. The second-order valence-electron chi connectivity index (χ2n) is 3.89. The minimum atomic E-state index is 1.06. The Kier molecular flexibility index (Phi) is 6.50. The molecule has 0 saturated carbocycles. The van der Waals surface area contributed by atoms with Crippen molar-refractivity contribution in [1.29, 1.82) is 0 Å². The molecule has 1 aromatic carbocycles. The molecule has 0 bridgehead atoms. The van der Waals surface area contributed by atoms with Crippen LogP contribution in [0.4, 0.5) is 0 Å². The molecule has 0 unspecified atom stereocenters. The van der Waals surface area contributed by atoms with Crippen molar-refractivity contribution in [3.8, 4) is 0 Å². The highest BCUT2D eigenvalue weighted by Gasteiger charge is 1.90. The fraction of sp³-hybridized carbons (Fsp3) is 0.176. The molecule has 0 aromatic heterocycles. The predicted molar refractivity (Wildman–Crippen MR) is 77.8 cm³/mol. The van der Waals surface area contributed by atoms with E-state index in [1.54, 1.807) is 0 Å². The second kappa shape index (κ2) is 8.35. The van der Waals surface area contributed by atoms with Gasteiger partial charge in [0.05, 0.1) is 0 Å². The Labute approximate surface area is 105 Å². The monoisotopic (exact) mass is 224 g/mol. The number of hydrogen-bond acceptors (Lipinski definition) is 0. The van der Waals surface area contributed by atoms with E-state index in [0.717, 1.165) is 19.3 Å². The highest BCUT2D eigenvalue weighted by molar-refractivity contribution is 5.48. The topological polar surface area (TPSA) is 0 Å². The summed E-state index contributed by atoms with van der Waals surface area (Å²) in [7, 11) is 0. The molecule has 0 radical (unpaired) electrons. The number of unbranched alkanes of at least 4 members (excludes halogenated alkanes) is 1. The third-order valence-corrected chi connectivity index (χ3v) is 2.54. The third kappa shape index (κ3) is 5.72. The lowest BCUT2D eigenvalue weighted by atomic mass is 10.1. The van der Waals surface area contributed by atoms with Gasteiger partial charge in [-0.2, -0.15) is 0 Å². The first-order valence-electron chi connectivity index (χ1n) is 6.02. The van der Waals surface area contributed by atoms with E-state index in [4.69, 9.17) is 0 Å². The normalized spacial score (nSPS) is 11.6. The maximum atomic E-state index is 3.79. The van der Waals surface area contributed by atoms with Gasteiger partial charge >= 0.3 is 0 Å². The molecule has 0 atom stereocenters. The first kappa shape index (κ1) is 13.2. The Morgan fingerprint density at radius 1 is 1.12 bits per heavy atom.